The summed E-state index contributed by atoms with van der Waals surface area (Å²) < 4.78 is 6.73. The lowest BCUT2D eigenvalue weighted by Gasteiger charge is -2.04. The van der Waals surface area contributed by atoms with Crippen LogP contribution in [0, 0.1) is 6.92 Å². The highest BCUT2D eigenvalue weighted by molar-refractivity contribution is 5.95. The second kappa shape index (κ2) is 6.39. The Morgan fingerprint density at radius 1 is 1.26 bits per heavy atom. The number of aryl methyl sites for hydroxylation is 1. The fourth-order valence-electron chi connectivity index (χ4n) is 2.29. The van der Waals surface area contributed by atoms with E-state index in [-0.39, 0.29) is 5.69 Å². The molecule has 0 saturated heterocycles. The average Bonchev–Trinajstić information content (AvgIpc) is 3.01. The summed E-state index contributed by atoms with van der Waals surface area (Å²) in [6.07, 6.45) is 6.83. The van der Waals surface area contributed by atoms with Gasteiger partial charge in [-0.1, -0.05) is 6.07 Å². The Morgan fingerprint density at radius 2 is 2.09 bits per heavy atom. The number of esters is 1. The lowest BCUT2D eigenvalue weighted by molar-refractivity contribution is 0.0520. The third kappa shape index (κ3) is 2.96. The summed E-state index contributed by atoms with van der Waals surface area (Å²) in [5, 5.41) is 4.38. The summed E-state index contributed by atoms with van der Waals surface area (Å²) in [6.45, 7) is 4.00. The van der Waals surface area contributed by atoms with Crippen LogP contribution in [-0.2, 0) is 4.74 Å². The molecule has 0 amide bonds. The number of nitrogens with zero attached hydrogens (tertiary/aromatic N) is 4. The van der Waals surface area contributed by atoms with Gasteiger partial charge in [0.15, 0.2) is 5.69 Å². The molecule has 0 radical (unpaired) electrons. The Balaban J connectivity index is 2.15. The van der Waals surface area contributed by atoms with Gasteiger partial charge in [0.2, 0.25) is 0 Å². The highest BCUT2D eigenvalue weighted by Crippen LogP contribution is 2.26. The van der Waals surface area contributed by atoms with Crippen molar-refractivity contribution in [3.63, 3.8) is 0 Å². The van der Waals surface area contributed by atoms with Gasteiger partial charge >= 0.3 is 5.97 Å². The van der Waals surface area contributed by atoms with E-state index < -0.39 is 5.97 Å². The monoisotopic (exact) mass is 308 g/mol. The fraction of sp³-hybridized carbons (Fsp3) is 0.176. The largest absolute Gasteiger partial charge is 0.461 e. The van der Waals surface area contributed by atoms with Gasteiger partial charge in [0, 0.05) is 18.6 Å². The minimum absolute atomic E-state index is 0.248. The van der Waals surface area contributed by atoms with Gasteiger partial charge in [-0.2, -0.15) is 5.10 Å². The zero-order valence-electron chi connectivity index (χ0n) is 12.9. The van der Waals surface area contributed by atoms with Gasteiger partial charge in [0.25, 0.3) is 0 Å². The van der Waals surface area contributed by atoms with E-state index in [1.165, 1.54) is 0 Å². The van der Waals surface area contributed by atoms with E-state index in [0.29, 0.717) is 17.9 Å². The van der Waals surface area contributed by atoms with Crippen LogP contribution in [-0.4, -0.2) is 32.3 Å². The first-order valence-electron chi connectivity index (χ1n) is 7.30. The number of hydrogen-bond donors (Lipinski definition) is 0. The summed E-state index contributed by atoms with van der Waals surface area (Å²) in [5.74, 6) is -0.463. The standard InChI is InChI=1S/C17H16N4O2/c1-3-23-17(22)16-14(15-12(2)6-4-9-19-15)11-21(20-16)13-7-5-8-18-10-13/h4-11H,3H2,1-2H3. The SMILES string of the molecule is CCOC(=O)c1nn(-c2cccnc2)cc1-c1ncccc1C. The van der Waals surface area contributed by atoms with Gasteiger partial charge in [0.05, 0.1) is 29.7 Å². The molecule has 0 aromatic carbocycles. The summed E-state index contributed by atoms with van der Waals surface area (Å²) in [4.78, 5) is 20.7. The van der Waals surface area contributed by atoms with E-state index in [1.54, 1.807) is 36.4 Å². The third-order valence-corrected chi connectivity index (χ3v) is 3.36. The van der Waals surface area contributed by atoms with Crippen LogP contribution in [0.1, 0.15) is 23.0 Å². The maximum atomic E-state index is 12.3. The van der Waals surface area contributed by atoms with Crippen LogP contribution in [0.3, 0.4) is 0 Å². The smallest absolute Gasteiger partial charge is 0.359 e. The van der Waals surface area contributed by atoms with E-state index in [1.807, 2.05) is 31.2 Å². The lowest BCUT2D eigenvalue weighted by atomic mass is 10.1. The van der Waals surface area contributed by atoms with E-state index in [0.717, 1.165) is 11.3 Å². The van der Waals surface area contributed by atoms with Crippen LogP contribution in [0.4, 0.5) is 0 Å². The van der Waals surface area contributed by atoms with Crippen LogP contribution in [0.5, 0.6) is 0 Å². The van der Waals surface area contributed by atoms with Crippen molar-refractivity contribution in [2.45, 2.75) is 13.8 Å². The number of hydrogen-bond acceptors (Lipinski definition) is 5. The number of carbonyl (C=O) groups excluding carboxylic acids is 1. The van der Waals surface area contributed by atoms with Crippen molar-refractivity contribution in [2.24, 2.45) is 0 Å². The summed E-state index contributed by atoms with van der Waals surface area (Å²) in [7, 11) is 0. The Bertz CT molecular complexity index is 828. The Labute approximate surface area is 133 Å². The molecule has 3 heterocycles. The van der Waals surface area contributed by atoms with E-state index in [2.05, 4.69) is 15.1 Å². The third-order valence-electron chi connectivity index (χ3n) is 3.36. The van der Waals surface area contributed by atoms with Crippen LogP contribution in [0.15, 0.2) is 49.1 Å². The molecule has 0 unspecified atom stereocenters. The molecule has 0 fully saturated rings. The van der Waals surface area contributed by atoms with Crippen LogP contribution in [0.2, 0.25) is 0 Å². The number of rotatable bonds is 4. The molecule has 3 aromatic rings. The van der Waals surface area contributed by atoms with Gasteiger partial charge < -0.3 is 4.74 Å². The van der Waals surface area contributed by atoms with Crippen molar-refractivity contribution < 1.29 is 9.53 Å². The molecule has 6 heteroatoms. The molecule has 116 valence electrons. The topological polar surface area (TPSA) is 69.9 Å². The minimum Gasteiger partial charge on any atom is -0.461 e. The summed E-state index contributed by atoms with van der Waals surface area (Å²) in [5.41, 5.74) is 3.33. The first kappa shape index (κ1) is 14.9. The number of ether oxygens (including phenoxy) is 1. The quantitative estimate of drug-likeness (QED) is 0.693. The molecule has 6 nitrogen and oxygen atoms in total. The van der Waals surface area contributed by atoms with Crippen molar-refractivity contribution in [3.05, 3.63) is 60.3 Å². The molecule has 0 aliphatic heterocycles. The summed E-state index contributed by atoms with van der Waals surface area (Å²) >= 11 is 0. The molecular formula is C17H16N4O2. The predicted molar refractivity (Wildman–Crippen MR) is 85.3 cm³/mol. The molecule has 0 atom stereocenters. The molecule has 0 spiro atoms. The highest BCUT2D eigenvalue weighted by atomic mass is 16.5. The Hall–Kier alpha value is -3.02. The minimum atomic E-state index is -0.463. The zero-order valence-corrected chi connectivity index (χ0v) is 12.9. The first-order chi connectivity index (χ1) is 11.2. The van der Waals surface area contributed by atoms with Crippen molar-refractivity contribution in [1.82, 2.24) is 19.7 Å². The number of pyridine rings is 2. The maximum Gasteiger partial charge on any atom is 0.359 e. The Morgan fingerprint density at radius 3 is 2.78 bits per heavy atom. The van der Waals surface area contributed by atoms with E-state index in [9.17, 15) is 4.79 Å². The van der Waals surface area contributed by atoms with Crippen LogP contribution in [0.25, 0.3) is 16.9 Å². The van der Waals surface area contributed by atoms with E-state index >= 15 is 0 Å². The molecule has 0 N–H and O–H groups in total. The van der Waals surface area contributed by atoms with Crippen molar-refractivity contribution in [3.8, 4) is 16.9 Å². The van der Waals surface area contributed by atoms with Crippen molar-refractivity contribution in [1.29, 1.82) is 0 Å². The van der Waals surface area contributed by atoms with Gasteiger partial charge in [-0.05, 0) is 37.6 Å². The van der Waals surface area contributed by atoms with Crippen molar-refractivity contribution >= 4 is 5.97 Å². The molecule has 3 rings (SSSR count). The molecule has 23 heavy (non-hydrogen) atoms. The molecular weight excluding hydrogens is 292 g/mol. The fourth-order valence-corrected chi connectivity index (χ4v) is 2.29. The number of carbonyl (C=O) groups is 1. The molecule has 0 aliphatic rings. The second-order valence-electron chi connectivity index (χ2n) is 4.94. The van der Waals surface area contributed by atoms with Crippen LogP contribution >= 0.6 is 0 Å². The maximum absolute atomic E-state index is 12.3. The van der Waals surface area contributed by atoms with Crippen molar-refractivity contribution in [2.75, 3.05) is 6.61 Å². The molecule has 0 saturated carbocycles. The lowest BCUT2D eigenvalue weighted by Crippen LogP contribution is -2.08. The molecule has 0 aliphatic carbocycles. The number of aromatic nitrogens is 4. The predicted octanol–water partition coefficient (Wildman–Crippen LogP) is 2.81. The second-order valence-corrected chi connectivity index (χ2v) is 4.94. The average molecular weight is 308 g/mol. The van der Waals surface area contributed by atoms with Gasteiger partial charge in [-0.15, -0.1) is 0 Å². The van der Waals surface area contributed by atoms with Gasteiger partial charge in [0.1, 0.15) is 0 Å². The van der Waals surface area contributed by atoms with Gasteiger partial charge in [-0.25, -0.2) is 9.48 Å². The van der Waals surface area contributed by atoms with Crippen LogP contribution < -0.4 is 0 Å². The normalized spacial score (nSPS) is 10.5. The Kier molecular flexibility index (Phi) is 4.14. The van der Waals surface area contributed by atoms with Gasteiger partial charge in [-0.3, -0.25) is 9.97 Å². The first-order valence-corrected chi connectivity index (χ1v) is 7.30. The molecule has 3 aromatic heterocycles. The summed E-state index contributed by atoms with van der Waals surface area (Å²) in [6, 6.07) is 7.48. The zero-order chi connectivity index (χ0) is 16.2. The highest BCUT2D eigenvalue weighted by Gasteiger charge is 2.21. The van der Waals surface area contributed by atoms with E-state index in [4.69, 9.17) is 4.74 Å². The molecule has 0 bridgehead atoms.